The van der Waals surface area contributed by atoms with Crippen LogP contribution in [0.3, 0.4) is 0 Å². The van der Waals surface area contributed by atoms with E-state index in [-0.39, 0.29) is 6.61 Å². The molecule has 1 aromatic rings. The Labute approximate surface area is 159 Å². The molecule has 0 heterocycles. The zero-order valence-corrected chi connectivity index (χ0v) is 16.2. The average molecular weight is 379 g/mol. The summed E-state index contributed by atoms with van der Waals surface area (Å²) in [5.74, 6) is -2.33. The van der Waals surface area contributed by atoms with Crippen LogP contribution in [-0.4, -0.2) is 53.2 Å². The summed E-state index contributed by atoms with van der Waals surface area (Å²) >= 11 is 0. The number of hydrogen-bond donors (Lipinski definition) is 4. The van der Waals surface area contributed by atoms with Gasteiger partial charge in [0.05, 0.1) is 18.2 Å². The van der Waals surface area contributed by atoms with E-state index < -0.39 is 41.5 Å². The molecular formula is C19H29N3O5. The molecule has 27 heavy (non-hydrogen) atoms. The van der Waals surface area contributed by atoms with Crippen LogP contribution in [0.5, 0.6) is 0 Å². The molecule has 2 amide bonds. The summed E-state index contributed by atoms with van der Waals surface area (Å²) in [6, 6.07) is 6.31. The highest BCUT2D eigenvalue weighted by Gasteiger charge is 2.27. The average Bonchev–Trinajstić information content (AvgIpc) is 2.57. The molecule has 0 bridgehead atoms. The van der Waals surface area contributed by atoms with Gasteiger partial charge in [-0.15, -0.1) is 0 Å². The molecule has 8 nitrogen and oxygen atoms in total. The van der Waals surface area contributed by atoms with E-state index in [0.29, 0.717) is 6.42 Å². The molecule has 150 valence electrons. The maximum atomic E-state index is 12.2. The van der Waals surface area contributed by atoms with Crippen LogP contribution in [0.25, 0.3) is 0 Å². The highest BCUT2D eigenvalue weighted by atomic mass is 16.5. The third kappa shape index (κ3) is 8.65. The number of hydrogen-bond acceptors (Lipinski definition) is 5. The van der Waals surface area contributed by atoms with Crippen molar-refractivity contribution >= 4 is 17.8 Å². The Morgan fingerprint density at radius 2 is 1.70 bits per heavy atom. The predicted molar refractivity (Wildman–Crippen MR) is 101 cm³/mol. The Kier molecular flexibility index (Phi) is 8.39. The Hall–Kier alpha value is -2.45. The van der Waals surface area contributed by atoms with Crippen molar-refractivity contribution in [2.24, 2.45) is 5.73 Å². The molecule has 3 atom stereocenters. The van der Waals surface area contributed by atoms with Crippen molar-refractivity contribution in [3.05, 3.63) is 35.9 Å². The molecule has 0 saturated carbocycles. The summed E-state index contributed by atoms with van der Waals surface area (Å²) in [6.45, 7) is 6.63. The van der Waals surface area contributed by atoms with E-state index in [1.807, 2.05) is 30.3 Å². The van der Waals surface area contributed by atoms with Crippen LogP contribution in [0.2, 0.25) is 0 Å². The number of ether oxygens (including phenoxy) is 1. The monoisotopic (exact) mass is 379 g/mol. The van der Waals surface area contributed by atoms with E-state index >= 15 is 0 Å². The first-order valence-corrected chi connectivity index (χ1v) is 8.76. The van der Waals surface area contributed by atoms with Gasteiger partial charge in [0.2, 0.25) is 11.8 Å². The molecule has 0 aliphatic rings. The van der Waals surface area contributed by atoms with Gasteiger partial charge in [0, 0.05) is 0 Å². The van der Waals surface area contributed by atoms with E-state index in [1.54, 1.807) is 20.8 Å². The molecule has 0 aliphatic carbocycles. The lowest BCUT2D eigenvalue weighted by molar-refractivity contribution is -0.145. The van der Waals surface area contributed by atoms with Gasteiger partial charge in [0.25, 0.3) is 0 Å². The van der Waals surface area contributed by atoms with Crippen molar-refractivity contribution < 1.29 is 24.2 Å². The fourth-order valence-electron chi connectivity index (χ4n) is 2.15. The molecule has 1 rings (SSSR count). The number of benzene rings is 1. The number of carboxylic acids is 1. The minimum absolute atomic E-state index is 0.182. The normalized spacial score (nSPS) is 14.7. The number of carboxylic acid groups (broad SMARTS) is 1. The molecule has 0 unspecified atom stereocenters. The van der Waals surface area contributed by atoms with Gasteiger partial charge in [-0.3, -0.25) is 9.59 Å². The van der Waals surface area contributed by atoms with Crippen molar-refractivity contribution in [3.63, 3.8) is 0 Å². The van der Waals surface area contributed by atoms with Gasteiger partial charge in [0.1, 0.15) is 6.04 Å². The van der Waals surface area contributed by atoms with Crippen LogP contribution in [0.4, 0.5) is 0 Å². The van der Waals surface area contributed by atoms with E-state index in [9.17, 15) is 19.5 Å². The Balaban J connectivity index is 2.55. The van der Waals surface area contributed by atoms with Crippen molar-refractivity contribution in [2.75, 3.05) is 6.61 Å². The fourth-order valence-corrected chi connectivity index (χ4v) is 2.15. The largest absolute Gasteiger partial charge is 0.480 e. The highest BCUT2D eigenvalue weighted by molar-refractivity contribution is 5.91. The van der Waals surface area contributed by atoms with Gasteiger partial charge in [-0.2, -0.15) is 0 Å². The number of nitrogens with one attached hydrogen (secondary N) is 2. The van der Waals surface area contributed by atoms with Crippen LogP contribution < -0.4 is 16.4 Å². The molecule has 0 radical (unpaired) electrons. The van der Waals surface area contributed by atoms with Crippen LogP contribution >= 0.6 is 0 Å². The van der Waals surface area contributed by atoms with Crippen molar-refractivity contribution in [1.82, 2.24) is 10.6 Å². The van der Waals surface area contributed by atoms with Gasteiger partial charge >= 0.3 is 5.97 Å². The number of carbonyl (C=O) groups excluding carboxylic acids is 2. The third-order valence-electron chi connectivity index (χ3n) is 3.68. The number of carbonyl (C=O) groups is 3. The zero-order valence-electron chi connectivity index (χ0n) is 16.2. The van der Waals surface area contributed by atoms with Crippen LogP contribution in [0.15, 0.2) is 30.3 Å². The van der Waals surface area contributed by atoms with E-state index in [1.165, 1.54) is 6.92 Å². The zero-order chi connectivity index (χ0) is 20.6. The second-order valence-electron chi connectivity index (χ2n) is 7.35. The summed E-state index contributed by atoms with van der Waals surface area (Å²) in [6.07, 6.45) is 0.332. The van der Waals surface area contributed by atoms with Gasteiger partial charge < -0.3 is 26.2 Å². The third-order valence-corrected chi connectivity index (χ3v) is 3.68. The Morgan fingerprint density at radius 1 is 1.11 bits per heavy atom. The lowest BCUT2D eigenvalue weighted by Gasteiger charge is -2.24. The minimum Gasteiger partial charge on any atom is -0.480 e. The molecule has 0 saturated heterocycles. The summed E-state index contributed by atoms with van der Waals surface area (Å²) < 4.78 is 5.42. The van der Waals surface area contributed by atoms with Crippen LogP contribution in [0.1, 0.15) is 33.3 Å². The SMILES string of the molecule is C[C@H](NC(=O)[C@@H](N)Cc1ccccc1)C(=O)N[C@@H](COC(C)(C)C)C(=O)O. The smallest absolute Gasteiger partial charge is 0.328 e. The number of amides is 2. The quantitative estimate of drug-likeness (QED) is 0.493. The Bertz CT molecular complexity index is 642. The molecule has 0 aliphatic heterocycles. The maximum absolute atomic E-state index is 12.2. The van der Waals surface area contributed by atoms with Crippen LogP contribution in [0, 0.1) is 0 Å². The first-order chi connectivity index (χ1) is 12.5. The highest BCUT2D eigenvalue weighted by Crippen LogP contribution is 2.07. The second-order valence-corrected chi connectivity index (χ2v) is 7.35. The molecule has 8 heteroatoms. The van der Waals surface area contributed by atoms with Gasteiger partial charge in [-0.05, 0) is 39.7 Å². The first-order valence-electron chi connectivity index (χ1n) is 8.76. The van der Waals surface area contributed by atoms with Crippen LogP contribution in [-0.2, 0) is 25.5 Å². The maximum Gasteiger partial charge on any atom is 0.328 e. The lowest BCUT2D eigenvalue weighted by Crippen LogP contribution is -2.54. The number of nitrogens with two attached hydrogens (primary N) is 1. The minimum atomic E-state index is -1.22. The standard InChI is InChI=1S/C19H29N3O5/c1-12(16(23)22-15(18(25)26)11-27-19(2,3)4)21-17(24)14(20)10-13-8-6-5-7-9-13/h5-9,12,14-15H,10-11,20H2,1-4H3,(H,21,24)(H,22,23)(H,25,26)/t12-,14-,15-/m0/s1. The summed E-state index contributed by atoms with van der Waals surface area (Å²) in [4.78, 5) is 35.7. The first kappa shape index (κ1) is 22.6. The van der Waals surface area contributed by atoms with E-state index in [4.69, 9.17) is 10.5 Å². The molecule has 0 fully saturated rings. The van der Waals surface area contributed by atoms with Gasteiger partial charge in [-0.1, -0.05) is 30.3 Å². The topological polar surface area (TPSA) is 131 Å². The van der Waals surface area contributed by atoms with E-state index in [0.717, 1.165) is 5.56 Å². The number of aliphatic carboxylic acids is 1. The lowest BCUT2D eigenvalue weighted by atomic mass is 10.1. The van der Waals surface area contributed by atoms with Crippen molar-refractivity contribution in [3.8, 4) is 0 Å². The van der Waals surface area contributed by atoms with Gasteiger partial charge in [0.15, 0.2) is 6.04 Å². The summed E-state index contributed by atoms with van der Waals surface area (Å²) in [5, 5.41) is 14.1. The van der Waals surface area contributed by atoms with Gasteiger partial charge in [-0.25, -0.2) is 4.79 Å². The molecule has 5 N–H and O–H groups in total. The van der Waals surface area contributed by atoms with Crippen molar-refractivity contribution in [2.45, 2.75) is 57.8 Å². The molecule has 0 spiro atoms. The van der Waals surface area contributed by atoms with Crippen molar-refractivity contribution in [1.29, 1.82) is 0 Å². The summed E-state index contributed by atoms with van der Waals surface area (Å²) in [7, 11) is 0. The molecule has 1 aromatic carbocycles. The second kappa shape index (κ2) is 10.0. The predicted octanol–water partition coefficient (Wildman–Crippen LogP) is 0.446. The Morgan fingerprint density at radius 3 is 2.22 bits per heavy atom. The molecule has 0 aromatic heterocycles. The van der Waals surface area contributed by atoms with E-state index in [2.05, 4.69) is 10.6 Å². The number of rotatable bonds is 9. The molecular weight excluding hydrogens is 350 g/mol. The summed E-state index contributed by atoms with van der Waals surface area (Å²) in [5.41, 5.74) is 6.25. The fraction of sp³-hybridized carbons (Fsp3) is 0.526.